The SMILES string of the molecule is CCn1nc(C(=O)O)c(Cl)c1-c1ccc(OC(C)C(F)(F)F)cc1OC. The lowest BCUT2D eigenvalue weighted by atomic mass is 10.1. The van der Waals surface area contributed by atoms with Crippen LogP contribution in [0.3, 0.4) is 0 Å². The zero-order valence-electron chi connectivity index (χ0n) is 14.1. The van der Waals surface area contributed by atoms with Gasteiger partial charge in [-0.2, -0.15) is 18.3 Å². The highest BCUT2D eigenvalue weighted by Crippen LogP contribution is 2.39. The highest BCUT2D eigenvalue weighted by Gasteiger charge is 2.38. The number of hydrogen-bond donors (Lipinski definition) is 1. The lowest BCUT2D eigenvalue weighted by Gasteiger charge is -2.19. The van der Waals surface area contributed by atoms with Crippen molar-refractivity contribution in [3.8, 4) is 22.8 Å². The summed E-state index contributed by atoms with van der Waals surface area (Å²) in [4.78, 5) is 11.2. The van der Waals surface area contributed by atoms with Crippen LogP contribution in [-0.4, -0.2) is 40.2 Å². The van der Waals surface area contributed by atoms with Crippen LogP contribution in [0.5, 0.6) is 11.5 Å². The van der Waals surface area contributed by atoms with Crippen molar-refractivity contribution in [2.45, 2.75) is 32.7 Å². The van der Waals surface area contributed by atoms with E-state index in [4.69, 9.17) is 21.1 Å². The molecule has 26 heavy (non-hydrogen) atoms. The molecule has 0 bridgehead atoms. The Morgan fingerprint density at radius 1 is 1.42 bits per heavy atom. The molecule has 0 amide bonds. The molecule has 0 saturated heterocycles. The maximum Gasteiger partial charge on any atom is 0.425 e. The fourth-order valence-corrected chi connectivity index (χ4v) is 2.59. The molecule has 0 radical (unpaired) electrons. The number of nitrogens with zero attached hydrogens (tertiary/aromatic N) is 2. The van der Waals surface area contributed by atoms with Gasteiger partial charge in [-0.15, -0.1) is 0 Å². The number of carboxylic acids is 1. The Hall–Kier alpha value is -2.42. The van der Waals surface area contributed by atoms with Crippen molar-refractivity contribution in [3.63, 3.8) is 0 Å². The van der Waals surface area contributed by atoms with Crippen LogP contribution in [0.2, 0.25) is 5.02 Å². The van der Waals surface area contributed by atoms with Crippen LogP contribution in [0, 0.1) is 0 Å². The molecule has 1 heterocycles. The maximum absolute atomic E-state index is 12.7. The van der Waals surface area contributed by atoms with Crippen LogP contribution in [0.4, 0.5) is 13.2 Å². The number of carboxylic acid groups (broad SMARTS) is 1. The predicted octanol–water partition coefficient (Wildman–Crippen LogP) is 4.26. The first kappa shape index (κ1) is 19.9. The van der Waals surface area contributed by atoms with Crippen molar-refractivity contribution in [2.75, 3.05) is 7.11 Å². The molecule has 1 aromatic heterocycles. The smallest absolute Gasteiger partial charge is 0.425 e. The van der Waals surface area contributed by atoms with Crippen LogP contribution in [0.1, 0.15) is 24.3 Å². The van der Waals surface area contributed by atoms with E-state index in [0.717, 1.165) is 6.92 Å². The number of aromatic carboxylic acids is 1. The molecule has 0 saturated carbocycles. The summed E-state index contributed by atoms with van der Waals surface area (Å²) >= 11 is 6.15. The van der Waals surface area contributed by atoms with E-state index in [1.54, 1.807) is 6.92 Å². The summed E-state index contributed by atoms with van der Waals surface area (Å²) in [5, 5.41) is 13.0. The number of benzene rings is 1. The molecule has 0 aliphatic heterocycles. The van der Waals surface area contributed by atoms with Crippen LogP contribution in [0.25, 0.3) is 11.3 Å². The van der Waals surface area contributed by atoms with Crippen LogP contribution in [0.15, 0.2) is 18.2 Å². The number of alkyl halides is 3. The second kappa shape index (κ2) is 7.45. The Labute approximate surface area is 152 Å². The summed E-state index contributed by atoms with van der Waals surface area (Å²) in [5.41, 5.74) is 0.349. The van der Waals surface area contributed by atoms with Gasteiger partial charge in [0.25, 0.3) is 0 Å². The van der Waals surface area contributed by atoms with Gasteiger partial charge in [-0.05, 0) is 26.0 Å². The summed E-state index contributed by atoms with van der Waals surface area (Å²) in [6.45, 7) is 2.96. The Morgan fingerprint density at radius 3 is 2.58 bits per heavy atom. The van der Waals surface area contributed by atoms with E-state index in [2.05, 4.69) is 5.10 Å². The number of rotatable bonds is 6. The summed E-state index contributed by atoms with van der Waals surface area (Å²) in [5.74, 6) is -1.17. The van der Waals surface area contributed by atoms with E-state index >= 15 is 0 Å². The first-order valence-electron chi connectivity index (χ1n) is 7.51. The van der Waals surface area contributed by atoms with Crippen LogP contribution in [-0.2, 0) is 6.54 Å². The molecular weight excluding hydrogens is 377 g/mol. The minimum absolute atomic E-state index is 0.0485. The normalized spacial score (nSPS) is 12.7. The van der Waals surface area contributed by atoms with Crippen molar-refractivity contribution in [1.29, 1.82) is 0 Å². The molecule has 0 aliphatic rings. The Morgan fingerprint density at radius 2 is 2.08 bits per heavy atom. The van der Waals surface area contributed by atoms with Gasteiger partial charge in [0.1, 0.15) is 16.5 Å². The molecule has 2 aromatic rings. The molecule has 2 rings (SSSR count). The monoisotopic (exact) mass is 392 g/mol. The summed E-state index contributed by atoms with van der Waals surface area (Å²) in [6.07, 6.45) is -6.51. The van der Waals surface area contributed by atoms with Gasteiger partial charge in [0, 0.05) is 18.2 Å². The number of aromatic nitrogens is 2. The molecule has 0 fully saturated rings. The maximum atomic E-state index is 12.7. The van der Waals surface area contributed by atoms with Gasteiger partial charge >= 0.3 is 12.1 Å². The number of hydrogen-bond acceptors (Lipinski definition) is 4. The zero-order chi connectivity index (χ0) is 19.6. The first-order valence-corrected chi connectivity index (χ1v) is 7.89. The lowest BCUT2D eigenvalue weighted by Crippen LogP contribution is -2.31. The van der Waals surface area contributed by atoms with E-state index in [-0.39, 0.29) is 22.2 Å². The van der Waals surface area contributed by atoms with E-state index in [0.29, 0.717) is 17.8 Å². The topological polar surface area (TPSA) is 73.6 Å². The molecule has 0 aliphatic carbocycles. The average Bonchev–Trinajstić information content (AvgIpc) is 2.90. The number of aryl methyl sites for hydroxylation is 1. The molecule has 1 atom stereocenters. The molecule has 10 heteroatoms. The molecule has 1 aromatic carbocycles. The predicted molar refractivity (Wildman–Crippen MR) is 88.0 cm³/mol. The minimum Gasteiger partial charge on any atom is -0.496 e. The fourth-order valence-electron chi connectivity index (χ4n) is 2.27. The number of carbonyl (C=O) groups is 1. The van der Waals surface area contributed by atoms with Gasteiger partial charge in [0.05, 0.1) is 12.8 Å². The Bertz CT molecular complexity index is 821. The first-order chi connectivity index (χ1) is 12.1. The van der Waals surface area contributed by atoms with Gasteiger partial charge in [0.2, 0.25) is 0 Å². The van der Waals surface area contributed by atoms with Gasteiger partial charge in [-0.3, -0.25) is 4.68 Å². The van der Waals surface area contributed by atoms with Crippen molar-refractivity contribution < 1.29 is 32.5 Å². The zero-order valence-corrected chi connectivity index (χ0v) is 14.9. The van der Waals surface area contributed by atoms with E-state index in [1.165, 1.54) is 30.0 Å². The van der Waals surface area contributed by atoms with Gasteiger partial charge < -0.3 is 14.6 Å². The molecule has 142 valence electrons. The molecule has 6 nitrogen and oxygen atoms in total. The van der Waals surface area contributed by atoms with Gasteiger partial charge in [-0.25, -0.2) is 4.79 Å². The fraction of sp³-hybridized carbons (Fsp3) is 0.375. The highest BCUT2D eigenvalue weighted by molar-refractivity contribution is 6.35. The van der Waals surface area contributed by atoms with Crippen molar-refractivity contribution in [1.82, 2.24) is 9.78 Å². The number of ether oxygens (including phenoxy) is 2. The largest absolute Gasteiger partial charge is 0.496 e. The highest BCUT2D eigenvalue weighted by atomic mass is 35.5. The quantitative estimate of drug-likeness (QED) is 0.795. The van der Waals surface area contributed by atoms with Crippen molar-refractivity contribution >= 4 is 17.6 Å². The second-order valence-electron chi connectivity index (χ2n) is 5.30. The Balaban J connectivity index is 2.50. The van der Waals surface area contributed by atoms with Crippen molar-refractivity contribution in [2.24, 2.45) is 0 Å². The van der Waals surface area contributed by atoms with Gasteiger partial charge in [-0.1, -0.05) is 11.6 Å². The van der Waals surface area contributed by atoms with E-state index in [9.17, 15) is 23.1 Å². The third-order valence-corrected chi connectivity index (χ3v) is 3.96. The molecule has 1 N–H and O–H groups in total. The molecule has 0 spiro atoms. The third kappa shape index (κ3) is 3.87. The second-order valence-corrected chi connectivity index (χ2v) is 5.67. The number of halogens is 4. The standard InChI is InChI=1S/C16H16ClF3N2O4/c1-4-22-14(12(17)13(21-22)15(23)24)10-6-5-9(7-11(10)25-3)26-8(2)16(18,19)20/h5-8H,4H2,1-3H3,(H,23,24). The lowest BCUT2D eigenvalue weighted by molar-refractivity contribution is -0.189. The number of methoxy groups -OCH3 is 1. The molecular formula is C16H16ClF3N2O4. The molecule has 1 unspecified atom stereocenters. The summed E-state index contributed by atoms with van der Waals surface area (Å²) in [6, 6.07) is 4.04. The van der Waals surface area contributed by atoms with E-state index < -0.39 is 18.2 Å². The van der Waals surface area contributed by atoms with Gasteiger partial charge in [0.15, 0.2) is 11.8 Å². The summed E-state index contributed by atoms with van der Waals surface area (Å²) < 4.78 is 49.4. The Kier molecular flexibility index (Phi) is 5.70. The average molecular weight is 393 g/mol. The van der Waals surface area contributed by atoms with E-state index in [1.807, 2.05) is 0 Å². The minimum atomic E-state index is -4.51. The van der Waals surface area contributed by atoms with Crippen molar-refractivity contribution in [3.05, 3.63) is 28.9 Å². The summed E-state index contributed by atoms with van der Waals surface area (Å²) in [7, 11) is 1.33. The van der Waals surface area contributed by atoms with Crippen LogP contribution >= 0.6 is 11.6 Å². The van der Waals surface area contributed by atoms with Crippen LogP contribution < -0.4 is 9.47 Å². The third-order valence-electron chi connectivity index (χ3n) is 3.60.